The Kier molecular flexibility index (Phi) is 9.87. The number of amides is 1. The van der Waals surface area contributed by atoms with Gasteiger partial charge >= 0.3 is 0 Å². The molecule has 0 heterocycles. The Bertz CT molecular complexity index is 101. The van der Waals surface area contributed by atoms with Crippen LogP contribution in [0.15, 0.2) is 0 Å². The average molecular weight is 172 g/mol. The number of hydrogen-bond donors (Lipinski definition) is 1. The van der Waals surface area contributed by atoms with E-state index >= 15 is 0 Å². The average Bonchev–Trinajstić information content (AvgIpc) is 1.65. The number of rotatable bonds is 1. The lowest BCUT2D eigenvalue weighted by molar-refractivity contribution is -0.116. The van der Waals surface area contributed by atoms with Crippen molar-refractivity contribution in [3.63, 3.8) is 0 Å². The van der Waals surface area contributed by atoms with Crippen molar-refractivity contribution < 1.29 is 9.59 Å². The summed E-state index contributed by atoms with van der Waals surface area (Å²) in [6.07, 6.45) is 0. The van der Waals surface area contributed by atoms with Crippen molar-refractivity contribution in [3.05, 3.63) is 0 Å². The molecule has 3 nitrogen and oxygen atoms in total. The topological polar surface area (TPSA) is 60.2 Å². The number of alkyl halides is 1. The lowest BCUT2D eigenvalue weighted by Gasteiger charge is -1.65. The van der Waals surface area contributed by atoms with Gasteiger partial charge in [0.1, 0.15) is 0 Å². The smallest absolute Gasteiger partial charge is 0.236 e. The highest BCUT2D eigenvalue weighted by Gasteiger charge is 1.83. The summed E-state index contributed by atoms with van der Waals surface area (Å²) in [6, 6.07) is 0. The van der Waals surface area contributed by atoms with Gasteiger partial charge < -0.3 is 5.73 Å². The van der Waals surface area contributed by atoms with Crippen LogP contribution in [0.25, 0.3) is 0 Å². The SMILES string of the molecule is CC(N)=O.O=C(Cl)CCl. The molecule has 0 aromatic carbocycles. The Hall–Kier alpha value is -0.280. The third-order valence-corrected chi connectivity index (χ3v) is 0.618. The van der Waals surface area contributed by atoms with Gasteiger partial charge in [-0.25, -0.2) is 0 Å². The Morgan fingerprint density at radius 2 is 1.67 bits per heavy atom. The third kappa shape index (κ3) is 85.4. The van der Waals surface area contributed by atoms with Crippen LogP contribution in [0.1, 0.15) is 6.92 Å². The molecule has 5 heteroatoms. The monoisotopic (exact) mass is 171 g/mol. The van der Waals surface area contributed by atoms with Gasteiger partial charge in [0, 0.05) is 6.92 Å². The van der Waals surface area contributed by atoms with Crippen LogP contribution in [-0.2, 0) is 9.59 Å². The first-order valence-corrected chi connectivity index (χ1v) is 2.92. The zero-order valence-electron chi connectivity index (χ0n) is 4.86. The quantitative estimate of drug-likeness (QED) is 0.461. The molecule has 0 aliphatic rings. The lowest BCUT2D eigenvalue weighted by Crippen LogP contribution is -2.01. The molecule has 0 bridgehead atoms. The van der Waals surface area contributed by atoms with Gasteiger partial charge in [-0.15, -0.1) is 11.6 Å². The summed E-state index contributed by atoms with van der Waals surface area (Å²) in [6.45, 7) is 1.31. The molecule has 0 rings (SSSR count). The van der Waals surface area contributed by atoms with E-state index in [1.807, 2.05) is 0 Å². The fourth-order valence-electron chi connectivity index (χ4n) is 0. The number of hydrogen-bond acceptors (Lipinski definition) is 2. The van der Waals surface area contributed by atoms with Gasteiger partial charge in [-0.1, -0.05) is 0 Å². The van der Waals surface area contributed by atoms with Crippen molar-refractivity contribution >= 4 is 34.4 Å². The number of carbonyl (C=O) groups excluding carboxylic acids is 2. The van der Waals surface area contributed by atoms with Crippen LogP contribution in [0.2, 0.25) is 0 Å². The Morgan fingerprint density at radius 3 is 1.67 bits per heavy atom. The summed E-state index contributed by atoms with van der Waals surface area (Å²) in [5, 5.41) is -0.508. The van der Waals surface area contributed by atoms with Gasteiger partial charge in [0.15, 0.2) is 0 Å². The van der Waals surface area contributed by atoms with Crippen molar-refractivity contribution in [3.8, 4) is 0 Å². The highest BCUT2D eigenvalue weighted by atomic mass is 35.5. The number of carbonyl (C=O) groups is 2. The first-order chi connectivity index (χ1) is 4.00. The second kappa shape index (κ2) is 7.72. The van der Waals surface area contributed by atoms with E-state index in [1.54, 1.807) is 0 Å². The molecule has 2 N–H and O–H groups in total. The van der Waals surface area contributed by atoms with Gasteiger partial charge in [-0.2, -0.15) is 0 Å². The van der Waals surface area contributed by atoms with Crippen LogP contribution in [0.5, 0.6) is 0 Å². The minimum atomic E-state index is -0.508. The molecule has 0 radical (unpaired) electrons. The van der Waals surface area contributed by atoms with Crippen LogP contribution in [0.4, 0.5) is 0 Å². The normalized spacial score (nSPS) is 7.00. The molecule has 0 aromatic heterocycles. The van der Waals surface area contributed by atoms with Crippen molar-refractivity contribution in [2.24, 2.45) is 5.73 Å². The summed E-state index contributed by atoms with van der Waals surface area (Å²) in [7, 11) is 0. The first kappa shape index (κ1) is 11.5. The highest BCUT2D eigenvalue weighted by Crippen LogP contribution is 1.80. The fourth-order valence-corrected chi connectivity index (χ4v) is 0. The van der Waals surface area contributed by atoms with Gasteiger partial charge in [0.2, 0.25) is 11.1 Å². The van der Waals surface area contributed by atoms with Crippen molar-refractivity contribution in [1.29, 1.82) is 0 Å². The molecule has 0 aliphatic heterocycles. The molecule has 0 unspecified atom stereocenters. The van der Waals surface area contributed by atoms with Crippen LogP contribution >= 0.6 is 23.2 Å². The van der Waals surface area contributed by atoms with Gasteiger partial charge in [0.05, 0.1) is 5.88 Å². The maximum atomic E-state index is 9.45. The van der Waals surface area contributed by atoms with Crippen LogP contribution < -0.4 is 5.73 Å². The minimum absolute atomic E-state index is 0.0957. The molecule has 54 valence electrons. The fraction of sp³-hybridized carbons (Fsp3) is 0.500. The van der Waals surface area contributed by atoms with Crippen molar-refractivity contribution in [2.75, 3.05) is 5.88 Å². The molecule has 0 atom stereocenters. The predicted molar refractivity (Wildman–Crippen MR) is 36.4 cm³/mol. The molecular weight excluding hydrogens is 165 g/mol. The lowest BCUT2D eigenvalue weighted by atomic mass is 10.8. The van der Waals surface area contributed by atoms with E-state index in [9.17, 15) is 9.59 Å². The maximum Gasteiger partial charge on any atom is 0.236 e. The molecule has 1 amide bonds. The van der Waals surface area contributed by atoms with E-state index in [1.165, 1.54) is 6.92 Å². The van der Waals surface area contributed by atoms with Crippen molar-refractivity contribution in [1.82, 2.24) is 0 Å². The number of primary amides is 1. The molecule has 0 spiro atoms. The summed E-state index contributed by atoms with van der Waals surface area (Å²) >= 11 is 9.55. The number of nitrogens with two attached hydrogens (primary N) is 1. The molecule has 0 saturated carbocycles. The van der Waals surface area contributed by atoms with Crippen LogP contribution in [-0.4, -0.2) is 17.0 Å². The molecule has 0 fully saturated rings. The van der Waals surface area contributed by atoms with Gasteiger partial charge in [0.25, 0.3) is 0 Å². The van der Waals surface area contributed by atoms with Gasteiger partial charge in [-0.05, 0) is 11.6 Å². The Labute approximate surface area is 63.1 Å². The third-order valence-electron chi connectivity index (χ3n) is 0.105. The first-order valence-electron chi connectivity index (χ1n) is 2.01. The second-order valence-corrected chi connectivity index (χ2v) is 1.79. The van der Waals surface area contributed by atoms with Crippen LogP contribution in [0, 0.1) is 0 Å². The van der Waals surface area contributed by atoms with E-state index in [0.29, 0.717) is 0 Å². The Balaban J connectivity index is 0. The molecule has 0 aliphatic carbocycles. The summed E-state index contributed by atoms with van der Waals surface area (Å²) < 4.78 is 0. The molecule has 0 aromatic rings. The van der Waals surface area contributed by atoms with E-state index in [-0.39, 0.29) is 11.8 Å². The maximum absolute atomic E-state index is 9.45. The highest BCUT2D eigenvalue weighted by molar-refractivity contribution is 6.67. The molecule has 0 saturated heterocycles. The molecule has 9 heavy (non-hydrogen) atoms. The van der Waals surface area contributed by atoms with E-state index < -0.39 is 5.24 Å². The minimum Gasteiger partial charge on any atom is -0.370 e. The van der Waals surface area contributed by atoms with Gasteiger partial charge in [-0.3, -0.25) is 9.59 Å². The van der Waals surface area contributed by atoms with Crippen LogP contribution in [0.3, 0.4) is 0 Å². The molecular formula is C4H7Cl2NO2. The Morgan fingerprint density at radius 1 is 1.56 bits per heavy atom. The number of halogens is 2. The zero-order chi connectivity index (χ0) is 7.86. The standard InChI is InChI=1S/C2H2Cl2O.C2H5NO/c3-1-2(4)5;1-2(3)4/h1H2;1H3,(H2,3,4). The van der Waals surface area contributed by atoms with Crippen molar-refractivity contribution in [2.45, 2.75) is 6.92 Å². The predicted octanol–water partition coefficient (Wildman–Crippen LogP) is 0.482. The second-order valence-electron chi connectivity index (χ2n) is 1.10. The summed E-state index contributed by atoms with van der Waals surface area (Å²) in [4.78, 5) is 18.7. The summed E-state index contributed by atoms with van der Waals surface area (Å²) in [5.41, 5.74) is 4.47. The van der Waals surface area contributed by atoms with E-state index in [2.05, 4.69) is 5.73 Å². The van der Waals surface area contributed by atoms with E-state index in [4.69, 9.17) is 23.2 Å². The largest absolute Gasteiger partial charge is 0.370 e. The summed E-state index contributed by atoms with van der Waals surface area (Å²) in [5.74, 6) is -0.429. The zero-order valence-corrected chi connectivity index (χ0v) is 6.37. The van der Waals surface area contributed by atoms with E-state index in [0.717, 1.165) is 0 Å².